The number of hydrogen-bond acceptors (Lipinski definition) is 5. The number of carbonyl (C=O) groups is 2. The molecule has 2 aromatic rings. The number of ether oxygens (including phenoxy) is 2. The third kappa shape index (κ3) is 10.2. The van der Waals surface area contributed by atoms with Crippen LogP contribution in [0.1, 0.15) is 82.7 Å². The Hall–Kier alpha value is -3.91. The Labute approximate surface area is 255 Å². The molecule has 0 saturated heterocycles. The van der Waals surface area contributed by atoms with Crippen LogP contribution in [-0.4, -0.2) is 28.3 Å². The SMILES string of the molecule is C=Cc1c(C(C(=O)NSC(=C)/C=C\C(=C)C(C)C)c2ccc3c(c2)OCO3)cn(C)c1/C=C/CCC(=O)O.CC.CC. The lowest BCUT2D eigenvalue weighted by atomic mass is 9.89. The molecule has 42 heavy (non-hydrogen) atoms. The van der Waals surface area contributed by atoms with E-state index in [9.17, 15) is 9.59 Å². The van der Waals surface area contributed by atoms with Crippen molar-refractivity contribution in [1.29, 1.82) is 0 Å². The van der Waals surface area contributed by atoms with Crippen molar-refractivity contribution in [3.63, 3.8) is 0 Å². The summed E-state index contributed by atoms with van der Waals surface area (Å²) >= 11 is 1.15. The van der Waals surface area contributed by atoms with Crippen LogP contribution in [0.25, 0.3) is 12.2 Å². The lowest BCUT2D eigenvalue weighted by Crippen LogP contribution is -2.25. The van der Waals surface area contributed by atoms with Crippen molar-refractivity contribution in [2.75, 3.05) is 6.79 Å². The highest BCUT2D eigenvalue weighted by atomic mass is 32.2. The summed E-state index contributed by atoms with van der Waals surface area (Å²) < 4.78 is 15.9. The van der Waals surface area contributed by atoms with E-state index in [2.05, 4.69) is 38.3 Å². The van der Waals surface area contributed by atoms with Gasteiger partial charge in [-0.25, -0.2) is 0 Å². The number of hydrogen-bond donors (Lipinski definition) is 2. The van der Waals surface area contributed by atoms with Crippen LogP contribution in [0, 0.1) is 5.92 Å². The van der Waals surface area contributed by atoms with Crippen LogP contribution in [-0.2, 0) is 16.6 Å². The van der Waals surface area contributed by atoms with Gasteiger partial charge in [0.1, 0.15) is 0 Å². The number of nitrogens with one attached hydrogen (secondary N) is 1. The molecule has 3 rings (SSSR count). The van der Waals surface area contributed by atoms with Gasteiger partial charge in [-0.05, 0) is 59.7 Å². The summed E-state index contributed by atoms with van der Waals surface area (Å²) in [7, 11) is 1.88. The van der Waals surface area contributed by atoms with E-state index in [1.807, 2.05) is 81.9 Å². The molecular weight excluding hydrogens is 548 g/mol. The molecule has 2 heterocycles. The van der Waals surface area contributed by atoms with E-state index in [1.54, 1.807) is 12.1 Å². The minimum atomic E-state index is -0.854. The molecule has 0 spiro atoms. The first-order valence-corrected chi connectivity index (χ1v) is 15.1. The van der Waals surface area contributed by atoms with Crippen molar-refractivity contribution in [2.45, 2.75) is 60.3 Å². The second kappa shape index (κ2) is 18.5. The number of fused-ring (bicyclic) bond motifs is 1. The third-order valence-corrected chi connectivity index (χ3v) is 6.82. The van der Waals surface area contributed by atoms with Crippen LogP contribution in [0.4, 0.5) is 0 Å². The van der Waals surface area contributed by atoms with E-state index in [4.69, 9.17) is 14.6 Å². The normalized spacial score (nSPS) is 12.3. The second-order valence-corrected chi connectivity index (χ2v) is 10.1. The van der Waals surface area contributed by atoms with Crippen molar-refractivity contribution in [3.8, 4) is 11.5 Å². The van der Waals surface area contributed by atoms with Crippen LogP contribution in [0.2, 0.25) is 0 Å². The van der Waals surface area contributed by atoms with E-state index in [-0.39, 0.29) is 19.1 Å². The van der Waals surface area contributed by atoms with E-state index < -0.39 is 11.9 Å². The van der Waals surface area contributed by atoms with Crippen LogP contribution < -0.4 is 14.2 Å². The maximum absolute atomic E-state index is 13.7. The minimum absolute atomic E-state index is 0.0412. The van der Waals surface area contributed by atoms with E-state index >= 15 is 0 Å². The fourth-order valence-corrected chi connectivity index (χ4v) is 4.40. The summed E-state index contributed by atoms with van der Waals surface area (Å²) in [6.07, 6.45) is 11.5. The number of carboxylic acid groups (broad SMARTS) is 1. The lowest BCUT2D eigenvalue weighted by Gasteiger charge is -2.18. The maximum Gasteiger partial charge on any atom is 0.303 e. The minimum Gasteiger partial charge on any atom is -0.481 e. The van der Waals surface area contributed by atoms with Gasteiger partial charge in [0, 0.05) is 35.8 Å². The average molecular weight is 595 g/mol. The van der Waals surface area contributed by atoms with Gasteiger partial charge < -0.3 is 19.1 Å². The molecule has 1 aliphatic heterocycles. The Kier molecular flexibility index (Phi) is 15.9. The summed E-state index contributed by atoms with van der Waals surface area (Å²) in [5.41, 5.74) is 4.07. The molecule has 7 nitrogen and oxygen atoms in total. The molecule has 0 radical (unpaired) electrons. The molecule has 1 atom stereocenters. The molecule has 1 amide bonds. The summed E-state index contributed by atoms with van der Waals surface area (Å²) in [5, 5.41) is 8.94. The molecule has 1 unspecified atom stereocenters. The monoisotopic (exact) mass is 594 g/mol. The van der Waals surface area contributed by atoms with Gasteiger partial charge in [-0.3, -0.25) is 14.3 Å². The van der Waals surface area contributed by atoms with Crippen molar-refractivity contribution in [1.82, 2.24) is 9.29 Å². The number of aromatic nitrogens is 1. The Morgan fingerprint density at radius 1 is 1.12 bits per heavy atom. The average Bonchev–Trinajstić information content (AvgIpc) is 3.58. The molecule has 1 aromatic carbocycles. The van der Waals surface area contributed by atoms with Gasteiger partial charge in [-0.1, -0.05) is 91.1 Å². The van der Waals surface area contributed by atoms with Crippen LogP contribution in [0.15, 0.2) is 72.8 Å². The lowest BCUT2D eigenvalue weighted by molar-refractivity contribution is -0.136. The van der Waals surface area contributed by atoms with Crippen molar-refractivity contribution < 1.29 is 24.2 Å². The Balaban J connectivity index is 0.00000211. The van der Waals surface area contributed by atoms with Crippen LogP contribution in [0.3, 0.4) is 0 Å². The highest BCUT2D eigenvalue weighted by Gasteiger charge is 2.29. The Bertz CT molecular complexity index is 1300. The first-order chi connectivity index (χ1) is 20.1. The Morgan fingerprint density at radius 3 is 2.40 bits per heavy atom. The van der Waals surface area contributed by atoms with Gasteiger partial charge in [0.2, 0.25) is 12.7 Å². The summed E-state index contributed by atoms with van der Waals surface area (Å²) in [6, 6.07) is 5.47. The first kappa shape index (κ1) is 36.1. The van der Waals surface area contributed by atoms with Gasteiger partial charge in [0.05, 0.1) is 5.92 Å². The van der Waals surface area contributed by atoms with Gasteiger partial charge in [0.15, 0.2) is 11.5 Å². The van der Waals surface area contributed by atoms with E-state index in [0.717, 1.165) is 39.9 Å². The fourth-order valence-electron chi connectivity index (χ4n) is 3.91. The van der Waals surface area contributed by atoms with Crippen molar-refractivity contribution in [3.05, 3.63) is 95.2 Å². The first-order valence-electron chi connectivity index (χ1n) is 14.2. The standard InChI is InChI=1S/C30H34N2O5S.2C2H6/c1-7-23-24(17-32(6)25(23)10-8-9-11-28(33)34)29(22-14-15-26-27(16-22)37-18-36-26)30(35)31-38-21(5)13-12-20(4)19(2)3;2*1-2/h7-8,10,12-17,19,29H,1,4-5,9,11,18H2,2-3,6H3,(H,31,35)(H,33,34);2*1-2H3/b10-8+,13-12-;;. The molecule has 1 aromatic heterocycles. The number of aliphatic carboxylic acids is 1. The third-order valence-electron chi connectivity index (χ3n) is 6.12. The number of amides is 1. The van der Waals surface area contributed by atoms with Crippen LogP contribution in [0.5, 0.6) is 11.5 Å². The summed E-state index contributed by atoms with van der Waals surface area (Å²) in [6.45, 7) is 24.3. The molecule has 228 valence electrons. The smallest absolute Gasteiger partial charge is 0.303 e. The largest absolute Gasteiger partial charge is 0.481 e. The number of carbonyl (C=O) groups excluding carboxylic acids is 1. The maximum atomic E-state index is 13.7. The summed E-state index contributed by atoms with van der Waals surface area (Å²) in [4.78, 5) is 25.3. The number of rotatable bonds is 13. The van der Waals surface area contributed by atoms with Gasteiger partial charge in [0.25, 0.3) is 0 Å². The number of carboxylic acids is 1. The molecular formula is C34H46N2O5S. The Morgan fingerprint density at radius 2 is 1.79 bits per heavy atom. The molecule has 8 heteroatoms. The predicted octanol–water partition coefficient (Wildman–Crippen LogP) is 8.51. The van der Waals surface area contributed by atoms with Crippen molar-refractivity contribution >= 4 is 36.0 Å². The zero-order chi connectivity index (χ0) is 31.8. The fraction of sp³-hybridized carbons (Fsp3) is 0.353. The quantitative estimate of drug-likeness (QED) is 0.179. The van der Waals surface area contributed by atoms with Crippen molar-refractivity contribution in [2.24, 2.45) is 13.0 Å². The zero-order valence-corrected chi connectivity index (χ0v) is 26.8. The molecule has 2 N–H and O–H groups in total. The topological polar surface area (TPSA) is 89.8 Å². The molecule has 0 aliphatic carbocycles. The highest BCUT2D eigenvalue weighted by molar-refractivity contribution is 8.01. The predicted molar refractivity (Wildman–Crippen MR) is 177 cm³/mol. The zero-order valence-electron chi connectivity index (χ0n) is 26.0. The van der Waals surface area contributed by atoms with Crippen LogP contribution >= 0.6 is 11.9 Å². The highest BCUT2D eigenvalue weighted by Crippen LogP contribution is 2.39. The molecule has 0 fully saturated rings. The number of benzene rings is 1. The molecule has 0 saturated carbocycles. The number of nitrogens with zero attached hydrogens (tertiary/aromatic N) is 1. The number of allylic oxidation sites excluding steroid dienone is 4. The van der Waals surface area contributed by atoms with Gasteiger partial charge >= 0.3 is 5.97 Å². The van der Waals surface area contributed by atoms with Gasteiger partial charge in [-0.15, -0.1) is 0 Å². The molecule has 0 bridgehead atoms. The van der Waals surface area contributed by atoms with E-state index in [0.29, 0.717) is 28.7 Å². The van der Waals surface area contributed by atoms with Gasteiger partial charge in [-0.2, -0.15) is 0 Å². The number of aryl methyl sites for hydroxylation is 1. The van der Waals surface area contributed by atoms with E-state index in [1.165, 1.54) is 0 Å². The second-order valence-electron chi connectivity index (χ2n) is 9.18. The molecule has 1 aliphatic rings. The summed E-state index contributed by atoms with van der Waals surface area (Å²) in [5.74, 6) is -0.242.